The molecule has 0 bridgehead atoms. The summed E-state index contributed by atoms with van der Waals surface area (Å²) in [7, 11) is 0. The van der Waals surface area contributed by atoms with E-state index in [-0.39, 0.29) is 11.5 Å². The van der Waals surface area contributed by atoms with Crippen molar-refractivity contribution in [2.75, 3.05) is 25.0 Å². The quantitative estimate of drug-likeness (QED) is 0.519. The maximum Gasteiger partial charge on any atom is 0.256 e. The molecule has 0 atom stereocenters. The number of rotatable bonds is 7. The fourth-order valence-electron chi connectivity index (χ4n) is 5.37. The van der Waals surface area contributed by atoms with Gasteiger partial charge in [0.15, 0.2) is 0 Å². The third-order valence-corrected chi connectivity index (χ3v) is 7.31. The number of anilines is 1. The highest BCUT2D eigenvalue weighted by Gasteiger charge is 2.33. The summed E-state index contributed by atoms with van der Waals surface area (Å²) in [6, 6.07) is 19.2. The van der Waals surface area contributed by atoms with Crippen molar-refractivity contribution < 1.29 is 9.53 Å². The minimum atomic E-state index is 0.00208. The largest absolute Gasteiger partial charge is 0.375 e. The lowest BCUT2D eigenvalue weighted by Crippen LogP contribution is -2.45. The average Bonchev–Trinajstić information content (AvgIpc) is 3.15. The number of nitrogens with zero attached hydrogens (tertiary/aromatic N) is 1. The van der Waals surface area contributed by atoms with Gasteiger partial charge in [0.25, 0.3) is 5.91 Å². The molecule has 2 aliphatic rings. The molecular weight excluding hydrogens is 396 g/mol. The van der Waals surface area contributed by atoms with Crippen molar-refractivity contribution >= 4 is 22.4 Å². The number of piperidine rings is 1. The first kappa shape index (κ1) is 21.2. The zero-order valence-corrected chi connectivity index (χ0v) is 19.1. The highest BCUT2D eigenvalue weighted by atomic mass is 16.5. The molecule has 0 saturated carbocycles. The molecule has 2 heterocycles. The highest BCUT2D eigenvalue weighted by Crippen LogP contribution is 2.35. The fraction of sp³-hybridized carbons (Fsp3) is 0.393. The van der Waals surface area contributed by atoms with Crippen molar-refractivity contribution in [3.8, 4) is 0 Å². The topological polar surface area (TPSA) is 41.6 Å². The van der Waals surface area contributed by atoms with Crippen molar-refractivity contribution in [1.82, 2.24) is 4.90 Å². The van der Waals surface area contributed by atoms with Crippen LogP contribution in [0.4, 0.5) is 5.69 Å². The van der Waals surface area contributed by atoms with E-state index in [9.17, 15) is 4.79 Å². The summed E-state index contributed by atoms with van der Waals surface area (Å²) >= 11 is 0. The Kier molecular flexibility index (Phi) is 5.75. The van der Waals surface area contributed by atoms with E-state index in [0.29, 0.717) is 0 Å². The fourth-order valence-corrected chi connectivity index (χ4v) is 5.37. The Morgan fingerprint density at radius 1 is 0.969 bits per heavy atom. The Labute approximate surface area is 190 Å². The van der Waals surface area contributed by atoms with E-state index in [1.165, 1.54) is 22.1 Å². The molecule has 0 unspecified atom stereocenters. The molecular formula is C28H32N2O2. The van der Waals surface area contributed by atoms with E-state index in [2.05, 4.69) is 60.5 Å². The molecule has 1 saturated heterocycles. The Morgan fingerprint density at radius 2 is 1.72 bits per heavy atom. The molecule has 32 heavy (non-hydrogen) atoms. The summed E-state index contributed by atoms with van der Waals surface area (Å²) in [5.41, 5.74) is 5.73. The van der Waals surface area contributed by atoms with Gasteiger partial charge in [0.2, 0.25) is 0 Å². The van der Waals surface area contributed by atoms with E-state index in [4.69, 9.17) is 4.74 Å². The Bertz CT molecular complexity index is 1130. The minimum Gasteiger partial charge on any atom is -0.375 e. The number of carbonyl (C=O) groups is 1. The third-order valence-electron chi connectivity index (χ3n) is 7.31. The number of amides is 1. The van der Waals surface area contributed by atoms with E-state index in [1.54, 1.807) is 0 Å². The van der Waals surface area contributed by atoms with Gasteiger partial charge in [-0.25, -0.2) is 0 Å². The summed E-state index contributed by atoms with van der Waals surface area (Å²) in [6.07, 6.45) is 4.21. The average molecular weight is 429 g/mol. The van der Waals surface area contributed by atoms with Gasteiger partial charge < -0.3 is 10.1 Å². The SMILES string of the molecule is CCOC1(CC)CCN(Cc2ccc(Cc3ccc4c5c(cccc35)C(=O)N4)cc2)CC1. The van der Waals surface area contributed by atoms with E-state index < -0.39 is 0 Å². The second kappa shape index (κ2) is 8.68. The molecule has 2 aliphatic heterocycles. The second-order valence-corrected chi connectivity index (χ2v) is 9.19. The molecule has 0 aliphatic carbocycles. The molecule has 166 valence electrons. The Balaban J connectivity index is 1.26. The molecule has 3 aromatic rings. The van der Waals surface area contributed by atoms with E-state index >= 15 is 0 Å². The molecule has 1 fully saturated rings. The van der Waals surface area contributed by atoms with Crippen LogP contribution in [0.15, 0.2) is 54.6 Å². The molecule has 4 nitrogen and oxygen atoms in total. The second-order valence-electron chi connectivity index (χ2n) is 9.19. The van der Waals surface area contributed by atoms with Gasteiger partial charge in [-0.3, -0.25) is 9.69 Å². The summed E-state index contributed by atoms with van der Waals surface area (Å²) in [5, 5.41) is 5.21. The number of hydrogen-bond donors (Lipinski definition) is 1. The van der Waals surface area contributed by atoms with Crippen LogP contribution in [-0.4, -0.2) is 36.1 Å². The van der Waals surface area contributed by atoms with E-state index in [0.717, 1.165) is 68.6 Å². The van der Waals surface area contributed by atoms with Gasteiger partial charge >= 0.3 is 0 Å². The molecule has 5 rings (SSSR count). The van der Waals surface area contributed by atoms with Crippen LogP contribution in [0.2, 0.25) is 0 Å². The molecule has 3 aromatic carbocycles. The summed E-state index contributed by atoms with van der Waals surface area (Å²) in [6.45, 7) is 8.36. The van der Waals surface area contributed by atoms with Crippen molar-refractivity contribution in [2.24, 2.45) is 0 Å². The van der Waals surface area contributed by atoms with Crippen LogP contribution in [-0.2, 0) is 17.7 Å². The van der Waals surface area contributed by atoms with Crippen LogP contribution in [0.1, 0.15) is 60.2 Å². The lowest BCUT2D eigenvalue weighted by Gasteiger charge is -2.41. The molecule has 0 spiro atoms. The number of ether oxygens (including phenoxy) is 1. The smallest absolute Gasteiger partial charge is 0.256 e. The number of hydrogen-bond acceptors (Lipinski definition) is 3. The first-order valence-electron chi connectivity index (χ1n) is 11.9. The predicted molar refractivity (Wildman–Crippen MR) is 130 cm³/mol. The number of nitrogens with one attached hydrogen (secondary N) is 1. The van der Waals surface area contributed by atoms with Crippen molar-refractivity contribution in [1.29, 1.82) is 0 Å². The van der Waals surface area contributed by atoms with Crippen LogP contribution in [0.3, 0.4) is 0 Å². The van der Waals surface area contributed by atoms with Crippen molar-refractivity contribution in [3.05, 3.63) is 76.9 Å². The van der Waals surface area contributed by atoms with Gasteiger partial charge in [0.05, 0.1) is 5.60 Å². The Morgan fingerprint density at radius 3 is 2.44 bits per heavy atom. The minimum absolute atomic E-state index is 0.00208. The molecule has 0 radical (unpaired) electrons. The molecule has 4 heteroatoms. The Hall–Kier alpha value is -2.69. The summed E-state index contributed by atoms with van der Waals surface area (Å²) < 4.78 is 6.10. The first-order valence-corrected chi connectivity index (χ1v) is 11.9. The van der Waals surface area contributed by atoms with Gasteiger partial charge in [-0.05, 0) is 66.8 Å². The normalized spacial score (nSPS) is 17.6. The number of likely N-dealkylation sites (tertiary alicyclic amines) is 1. The molecule has 1 N–H and O–H groups in total. The lowest BCUT2D eigenvalue weighted by molar-refractivity contribution is -0.0824. The monoisotopic (exact) mass is 428 g/mol. The van der Waals surface area contributed by atoms with Gasteiger partial charge in [0, 0.05) is 42.9 Å². The van der Waals surface area contributed by atoms with Crippen LogP contribution < -0.4 is 5.32 Å². The summed E-state index contributed by atoms with van der Waals surface area (Å²) in [5.74, 6) is 0.00208. The van der Waals surface area contributed by atoms with Gasteiger partial charge in [-0.1, -0.05) is 49.4 Å². The number of carbonyl (C=O) groups excluding carboxylic acids is 1. The van der Waals surface area contributed by atoms with Crippen molar-refractivity contribution in [2.45, 2.75) is 51.7 Å². The number of benzene rings is 3. The van der Waals surface area contributed by atoms with Crippen LogP contribution in [0.25, 0.3) is 10.8 Å². The zero-order chi connectivity index (χ0) is 22.1. The zero-order valence-electron chi connectivity index (χ0n) is 19.1. The molecule has 0 aromatic heterocycles. The summed E-state index contributed by atoms with van der Waals surface area (Å²) in [4.78, 5) is 14.7. The molecule has 1 amide bonds. The van der Waals surface area contributed by atoms with Crippen LogP contribution in [0, 0.1) is 0 Å². The standard InChI is InChI=1S/C28H32N2O2/c1-3-28(32-4-2)14-16-30(17-15-28)19-21-10-8-20(9-11-21)18-22-12-13-25-26-23(22)6-5-7-24(26)27(31)29-25/h5-13H,3-4,14-19H2,1-2H3,(H,29,31). The lowest BCUT2D eigenvalue weighted by atomic mass is 9.88. The maximum atomic E-state index is 12.2. The third kappa shape index (κ3) is 3.94. The van der Waals surface area contributed by atoms with Gasteiger partial charge in [0.1, 0.15) is 0 Å². The van der Waals surface area contributed by atoms with Crippen LogP contribution >= 0.6 is 0 Å². The van der Waals surface area contributed by atoms with Crippen LogP contribution in [0.5, 0.6) is 0 Å². The maximum absolute atomic E-state index is 12.2. The highest BCUT2D eigenvalue weighted by molar-refractivity contribution is 6.24. The predicted octanol–water partition coefficient (Wildman–Crippen LogP) is 5.78. The first-order chi connectivity index (χ1) is 15.6. The van der Waals surface area contributed by atoms with E-state index in [1.807, 2.05) is 18.2 Å². The van der Waals surface area contributed by atoms with Crippen molar-refractivity contribution in [3.63, 3.8) is 0 Å². The van der Waals surface area contributed by atoms with Gasteiger partial charge in [-0.2, -0.15) is 0 Å². The van der Waals surface area contributed by atoms with Gasteiger partial charge in [-0.15, -0.1) is 0 Å².